The number of methoxy groups -OCH3 is 1. The van der Waals surface area contributed by atoms with Crippen LogP contribution in [0.2, 0.25) is 0 Å². The highest BCUT2D eigenvalue weighted by Crippen LogP contribution is 2.41. The van der Waals surface area contributed by atoms with E-state index in [1.807, 2.05) is 68.8 Å². The third-order valence-corrected chi connectivity index (χ3v) is 10.5. The van der Waals surface area contributed by atoms with Crippen LogP contribution in [0.25, 0.3) is 22.5 Å². The van der Waals surface area contributed by atoms with E-state index in [0.29, 0.717) is 31.7 Å². The molecule has 2 aliphatic heterocycles. The zero-order chi connectivity index (χ0) is 36.5. The Morgan fingerprint density at radius 2 is 1.42 bits per heavy atom. The Hall–Kier alpha value is -5.62. The normalized spacial score (nSPS) is 15.8. The van der Waals surface area contributed by atoms with Gasteiger partial charge in [-0.05, 0) is 57.5 Å². The molecule has 1 aromatic carbocycles. The molecule has 0 saturated carbocycles. The highest BCUT2D eigenvalue weighted by Gasteiger charge is 2.28. The first-order chi connectivity index (χ1) is 25.8. The van der Waals surface area contributed by atoms with Crippen molar-refractivity contribution in [2.45, 2.75) is 59.7 Å². The summed E-state index contributed by atoms with van der Waals surface area (Å²) in [7, 11) is 1.67. The molecule has 2 atom stereocenters. The molecule has 270 valence electrons. The Kier molecular flexibility index (Phi) is 9.61. The van der Waals surface area contributed by atoms with Gasteiger partial charge in [-0.2, -0.15) is 10.2 Å². The maximum absolute atomic E-state index is 6.05. The summed E-state index contributed by atoms with van der Waals surface area (Å²) in [5, 5.41) is 19.8. The van der Waals surface area contributed by atoms with Crippen LogP contribution in [0.3, 0.4) is 0 Å². The van der Waals surface area contributed by atoms with Crippen LogP contribution >= 0.6 is 22.7 Å². The van der Waals surface area contributed by atoms with Gasteiger partial charge in [-0.25, -0.2) is 29.9 Å². The number of aromatic nitrogens is 10. The van der Waals surface area contributed by atoms with Crippen molar-refractivity contribution in [2.24, 2.45) is 0 Å². The standard InChI is InChI=1S/C22H22N6O2S.C14H14N6OS/c1-13-8-9-23-21(24-13)26-22-25-20-17-11-28(10-15-4-6-16(29-3)7-5-15)27-19(17)14(2)30-12-18(20)31-22;1-7-3-4-15-13(17-7)19-14-18-12-9-5-16-20-11(9)8(2)21-6-10(12)22-14/h4-9,11,14H,10,12H2,1-3H3,(H,23,24,25,26);3-5,8H,6H2,1-2H3,(H,16,20)(H,15,17,18,19). The number of benzene rings is 1. The minimum atomic E-state index is -0.106. The zero-order valence-corrected chi connectivity index (χ0v) is 31.2. The van der Waals surface area contributed by atoms with E-state index in [1.165, 1.54) is 0 Å². The van der Waals surface area contributed by atoms with Gasteiger partial charge in [0.05, 0.1) is 72.1 Å². The lowest BCUT2D eigenvalue weighted by Crippen LogP contribution is -2.04. The highest BCUT2D eigenvalue weighted by molar-refractivity contribution is 7.16. The third kappa shape index (κ3) is 7.50. The number of hydrogen-bond acceptors (Lipinski definition) is 15. The second-order valence-corrected chi connectivity index (χ2v) is 14.6. The van der Waals surface area contributed by atoms with E-state index in [0.717, 1.165) is 76.6 Å². The maximum atomic E-state index is 6.05. The third-order valence-electron chi connectivity index (χ3n) is 8.62. The fourth-order valence-corrected chi connectivity index (χ4v) is 7.70. The average Bonchev–Trinajstić information content (AvgIpc) is 3.94. The topological polar surface area (TPSA) is 176 Å². The van der Waals surface area contributed by atoms with Gasteiger partial charge in [-0.3, -0.25) is 9.78 Å². The Labute approximate surface area is 312 Å². The van der Waals surface area contributed by atoms with Crippen LogP contribution in [0.4, 0.5) is 22.2 Å². The van der Waals surface area contributed by atoms with Crippen LogP contribution in [0.15, 0.2) is 61.2 Å². The molecule has 2 unspecified atom stereocenters. The van der Waals surface area contributed by atoms with Crippen molar-refractivity contribution in [1.82, 2.24) is 49.9 Å². The van der Waals surface area contributed by atoms with Crippen LogP contribution in [-0.2, 0) is 29.2 Å². The molecule has 17 heteroatoms. The van der Waals surface area contributed by atoms with Gasteiger partial charge in [0.2, 0.25) is 11.9 Å². The molecule has 0 amide bonds. The number of ether oxygens (including phenoxy) is 3. The molecule has 3 N–H and O–H groups in total. The van der Waals surface area contributed by atoms with Gasteiger partial charge in [-0.15, -0.1) is 0 Å². The number of nitrogens with zero attached hydrogens (tertiary/aromatic N) is 9. The molecule has 0 saturated heterocycles. The highest BCUT2D eigenvalue weighted by atomic mass is 32.1. The number of nitrogens with one attached hydrogen (secondary N) is 3. The lowest BCUT2D eigenvalue weighted by atomic mass is 10.1. The summed E-state index contributed by atoms with van der Waals surface area (Å²) in [5.74, 6) is 1.92. The van der Waals surface area contributed by atoms with E-state index < -0.39 is 0 Å². The van der Waals surface area contributed by atoms with Crippen LogP contribution in [0, 0.1) is 13.8 Å². The van der Waals surface area contributed by atoms with Gasteiger partial charge in [0, 0.05) is 41.1 Å². The first-order valence-corrected chi connectivity index (χ1v) is 18.5. The van der Waals surface area contributed by atoms with Crippen molar-refractivity contribution in [1.29, 1.82) is 0 Å². The maximum Gasteiger partial charge on any atom is 0.229 e. The van der Waals surface area contributed by atoms with E-state index in [9.17, 15) is 0 Å². The largest absolute Gasteiger partial charge is 0.497 e. The summed E-state index contributed by atoms with van der Waals surface area (Å²) < 4.78 is 19.1. The molecular weight excluding hydrogens is 713 g/mol. The van der Waals surface area contributed by atoms with Crippen molar-refractivity contribution in [2.75, 3.05) is 17.7 Å². The van der Waals surface area contributed by atoms with Gasteiger partial charge >= 0.3 is 0 Å². The summed E-state index contributed by atoms with van der Waals surface area (Å²) in [6.45, 7) is 9.59. The average molecular weight is 749 g/mol. The van der Waals surface area contributed by atoms with Crippen molar-refractivity contribution in [3.05, 3.63) is 99.3 Å². The van der Waals surface area contributed by atoms with E-state index >= 15 is 0 Å². The summed E-state index contributed by atoms with van der Waals surface area (Å²) in [6.07, 6.45) is 7.18. The molecule has 0 radical (unpaired) electrons. The van der Waals surface area contributed by atoms with Crippen LogP contribution in [0.5, 0.6) is 5.75 Å². The fourth-order valence-electron chi connectivity index (χ4n) is 5.91. The number of fused-ring (bicyclic) bond motifs is 6. The van der Waals surface area contributed by atoms with Crippen LogP contribution in [-0.4, -0.2) is 57.0 Å². The number of thiazole rings is 2. The second-order valence-electron chi connectivity index (χ2n) is 12.5. The van der Waals surface area contributed by atoms with E-state index in [1.54, 1.807) is 48.4 Å². The number of aromatic amines is 1. The Morgan fingerprint density at radius 1 is 0.811 bits per heavy atom. The van der Waals surface area contributed by atoms with Gasteiger partial charge in [0.1, 0.15) is 11.4 Å². The molecule has 8 heterocycles. The van der Waals surface area contributed by atoms with E-state index in [2.05, 4.69) is 51.9 Å². The predicted molar refractivity (Wildman–Crippen MR) is 202 cm³/mol. The molecule has 0 bridgehead atoms. The van der Waals surface area contributed by atoms with Gasteiger partial charge in [0.25, 0.3) is 0 Å². The summed E-state index contributed by atoms with van der Waals surface area (Å²) >= 11 is 3.10. The number of H-pyrrole nitrogens is 1. The molecule has 6 aromatic heterocycles. The molecule has 0 fully saturated rings. The molecule has 53 heavy (non-hydrogen) atoms. The minimum Gasteiger partial charge on any atom is -0.497 e. The van der Waals surface area contributed by atoms with Crippen LogP contribution < -0.4 is 15.4 Å². The summed E-state index contributed by atoms with van der Waals surface area (Å²) in [5.41, 5.74) is 8.62. The number of anilines is 4. The van der Waals surface area contributed by atoms with Gasteiger partial charge in [-0.1, -0.05) is 34.8 Å². The van der Waals surface area contributed by atoms with Crippen molar-refractivity contribution in [3.8, 4) is 28.3 Å². The fraction of sp³-hybridized carbons (Fsp3) is 0.278. The van der Waals surface area contributed by atoms with Crippen molar-refractivity contribution < 1.29 is 14.2 Å². The number of rotatable bonds is 7. The minimum absolute atomic E-state index is 0.0181. The van der Waals surface area contributed by atoms with Crippen molar-refractivity contribution >= 4 is 44.8 Å². The number of hydrogen-bond donors (Lipinski definition) is 3. The Morgan fingerprint density at radius 3 is 2.02 bits per heavy atom. The lowest BCUT2D eigenvalue weighted by molar-refractivity contribution is 0.0533. The van der Waals surface area contributed by atoms with E-state index in [4.69, 9.17) is 24.3 Å². The molecule has 0 aliphatic carbocycles. The zero-order valence-electron chi connectivity index (χ0n) is 29.6. The Balaban J connectivity index is 0.000000160. The first-order valence-electron chi connectivity index (χ1n) is 16.9. The van der Waals surface area contributed by atoms with Gasteiger partial charge in [0.15, 0.2) is 10.3 Å². The molecule has 2 aliphatic rings. The molecule has 9 rings (SSSR count). The quantitative estimate of drug-likeness (QED) is 0.147. The summed E-state index contributed by atoms with van der Waals surface area (Å²) in [4.78, 5) is 28.8. The van der Waals surface area contributed by atoms with Crippen LogP contribution in [0.1, 0.15) is 64.1 Å². The Bertz CT molecular complexity index is 2370. The predicted octanol–water partition coefficient (Wildman–Crippen LogP) is 7.46. The molecule has 7 aromatic rings. The molecule has 0 spiro atoms. The van der Waals surface area contributed by atoms with E-state index in [-0.39, 0.29) is 12.2 Å². The first kappa shape index (κ1) is 34.5. The smallest absolute Gasteiger partial charge is 0.229 e. The van der Waals surface area contributed by atoms with Gasteiger partial charge < -0.3 is 24.8 Å². The van der Waals surface area contributed by atoms with Crippen molar-refractivity contribution in [3.63, 3.8) is 0 Å². The molecular formula is C36H36N12O3S2. The SMILES string of the molecule is COc1ccc(Cn2cc3c(n2)C(C)OCc2sc(Nc4nccc(C)n4)nc2-3)cc1.Cc1ccnc(Nc2nc3c(s2)COC(C)c2[nH]ncc2-3)n1. The second kappa shape index (κ2) is 14.8. The monoisotopic (exact) mass is 748 g/mol. The summed E-state index contributed by atoms with van der Waals surface area (Å²) in [6, 6.07) is 11.7. The molecule has 15 nitrogen and oxygen atoms in total. The number of aryl methyl sites for hydroxylation is 2. The lowest BCUT2D eigenvalue weighted by Gasteiger charge is -2.08.